The molecule has 0 aromatic heterocycles. The van der Waals surface area contributed by atoms with Crippen LogP contribution in [0.1, 0.15) is 29.3 Å². The summed E-state index contributed by atoms with van der Waals surface area (Å²) >= 11 is 3.43. The summed E-state index contributed by atoms with van der Waals surface area (Å²) in [5.41, 5.74) is 1.87. The molecule has 0 bridgehead atoms. The lowest BCUT2D eigenvalue weighted by molar-refractivity contribution is 0.0949. The van der Waals surface area contributed by atoms with E-state index in [1.165, 1.54) is 0 Å². The van der Waals surface area contributed by atoms with Crippen LogP contribution < -0.4 is 5.32 Å². The molecule has 0 spiro atoms. The molecule has 0 aliphatic heterocycles. The maximum atomic E-state index is 11.8. The molecular weight excluding hydrogens is 254 g/mol. The first-order valence-corrected chi connectivity index (χ1v) is 5.94. The molecule has 0 heterocycles. The number of rotatable bonds is 2. The average Bonchev–Trinajstić information content (AvgIpc) is 2.86. The van der Waals surface area contributed by atoms with E-state index < -0.39 is 0 Å². The van der Waals surface area contributed by atoms with E-state index in [9.17, 15) is 4.79 Å². The van der Waals surface area contributed by atoms with Crippen molar-refractivity contribution in [1.82, 2.24) is 5.32 Å². The number of hydrogen-bond donors (Lipinski definition) is 1. The van der Waals surface area contributed by atoms with Gasteiger partial charge in [0.1, 0.15) is 0 Å². The summed E-state index contributed by atoms with van der Waals surface area (Å²) in [6.45, 7) is 4.16. The lowest BCUT2D eigenvalue weighted by atomic mass is 10.1. The monoisotopic (exact) mass is 267 g/mol. The zero-order valence-corrected chi connectivity index (χ0v) is 10.5. The first-order valence-electron chi connectivity index (χ1n) is 5.15. The average molecular weight is 268 g/mol. The zero-order valence-electron chi connectivity index (χ0n) is 8.88. The van der Waals surface area contributed by atoms with Crippen molar-refractivity contribution < 1.29 is 4.79 Å². The Kier molecular flexibility index (Phi) is 2.83. The second-order valence-electron chi connectivity index (χ2n) is 4.26. The second-order valence-corrected chi connectivity index (χ2v) is 5.11. The van der Waals surface area contributed by atoms with Crippen molar-refractivity contribution in [1.29, 1.82) is 0 Å². The highest BCUT2D eigenvalue weighted by atomic mass is 79.9. The van der Waals surface area contributed by atoms with Gasteiger partial charge in [0.2, 0.25) is 0 Å². The molecule has 1 N–H and O–H groups in total. The smallest absolute Gasteiger partial charge is 0.251 e. The number of halogens is 1. The minimum Gasteiger partial charge on any atom is -0.349 e. The highest BCUT2D eigenvalue weighted by Gasteiger charge is 2.33. The summed E-state index contributed by atoms with van der Waals surface area (Å²) in [6.07, 6.45) is 1.11. The predicted octanol–water partition coefficient (Wildman–Crippen LogP) is 2.90. The van der Waals surface area contributed by atoms with Crippen LogP contribution in [0.15, 0.2) is 22.7 Å². The van der Waals surface area contributed by atoms with Crippen LogP contribution >= 0.6 is 15.9 Å². The highest BCUT2D eigenvalue weighted by molar-refractivity contribution is 9.10. The van der Waals surface area contributed by atoms with E-state index in [0.29, 0.717) is 12.0 Å². The van der Waals surface area contributed by atoms with Gasteiger partial charge in [-0.2, -0.15) is 0 Å². The summed E-state index contributed by atoms with van der Waals surface area (Å²) < 4.78 is 0.985. The van der Waals surface area contributed by atoms with Crippen molar-refractivity contribution >= 4 is 21.8 Å². The second kappa shape index (κ2) is 3.97. The number of amides is 1. The van der Waals surface area contributed by atoms with Crippen LogP contribution in [0.25, 0.3) is 0 Å². The van der Waals surface area contributed by atoms with Crippen molar-refractivity contribution in [2.24, 2.45) is 5.92 Å². The van der Waals surface area contributed by atoms with Crippen molar-refractivity contribution in [3.8, 4) is 0 Å². The van der Waals surface area contributed by atoms with Gasteiger partial charge in [-0.05, 0) is 37.0 Å². The molecule has 1 amide bonds. The third kappa shape index (κ3) is 2.40. The van der Waals surface area contributed by atoms with Gasteiger partial charge in [0.05, 0.1) is 0 Å². The Balaban J connectivity index is 2.08. The maximum absolute atomic E-state index is 11.8. The molecular formula is C12H14BrNO. The van der Waals surface area contributed by atoms with Crippen LogP contribution in [-0.2, 0) is 0 Å². The molecule has 2 atom stereocenters. The molecule has 0 radical (unpaired) electrons. The molecule has 15 heavy (non-hydrogen) atoms. The predicted molar refractivity (Wildman–Crippen MR) is 63.9 cm³/mol. The van der Waals surface area contributed by atoms with Gasteiger partial charge in [0, 0.05) is 16.1 Å². The molecule has 2 nitrogen and oxygen atoms in total. The molecule has 3 heteroatoms. The van der Waals surface area contributed by atoms with E-state index in [2.05, 4.69) is 28.2 Å². The van der Waals surface area contributed by atoms with E-state index in [1.54, 1.807) is 0 Å². The van der Waals surface area contributed by atoms with Gasteiger partial charge in [-0.1, -0.05) is 28.9 Å². The Hall–Kier alpha value is -0.830. The number of aryl methyl sites for hydroxylation is 1. The summed E-state index contributed by atoms with van der Waals surface area (Å²) in [5.74, 6) is 0.674. The fraction of sp³-hybridized carbons (Fsp3) is 0.417. The Labute approximate surface area is 98.2 Å². The molecule has 80 valence electrons. The van der Waals surface area contributed by atoms with E-state index in [-0.39, 0.29) is 5.91 Å². The molecule has 1 aromatic carbocycles. The maximum Gasteiger partial charge on any atom is 0.251 e. The van der Waals surface area contributed by atoms with E-state index in [4.69, 9.17) is 0 Å². The lowest BCUT2D eigenvalue weighted by Gasteiger charge is -2.05. The van der Waals surface area contributed by atoms with Gasteiger partial charge in [0.15, 0.2) is 0 Å². The standard InChI is InChI=1S/C12H14BrNO/c1-7-3-4-9(6-10(7)13)12(15)14-11-5-8(11)2/h3-4,6,8,11H,5H2,1-2H3,(H,14,15)/t8-,11+/m1/s1. The Morgan fingerprint density at radius 2 is 2.20 bits per heavy atom. The Morgan fingerprint density at radius 3 is 2.73 bits per heavy atom. The number of carbonyl (C=O) groups excluding carboxylic acids is 1. The summed E-state index contributed by atoms with van der Waals surface area (Å²) in [6, 6.07) is 6.08. The quantitative estimate of drug-likeness (QED) is 0.877. The van der Waals surface area contributed by atoms with Gasteiger partial charge in [-0.3, -0.25) is 4.79 Å². The fourth-order valence-electron chi connectivity index (χ4n) is 1.51. The highest BCUT2D eigenvalue weighted by Crippen LogP contribution is 2.29. The molecule has 1 aliphatic carbocycles. The fourth-order valence-corrected chi connectivity index (χ4v) is 1.89. The van der Waals surface area contributed by atoms with Gasteiger partial charge >= 0.3 is 0 Å². The molecule has 1 aromatic rings. The normalized spacial score (nSPS) is 23.7. The Bertz CT molecular complexity index is 403. The summed E-state index contributed by atoms with van der Waals surface area (Å²) in [5, 5.41) is 3.01. The molecule has 1 aliphatic rings. The summed E-state index contributed by atoms with van der Waals surface area (Å²) in [4.78, 5) is 11.8. The lowest BCUT2D eigenvalue weighted by Crippen LogP contribution is -2.26. The topological polar surface area (TPSA) is 29.1 Å². The minimum absolute atomic E-state index is 0.0325. The van der Waals surface area contributed by atoms with Crippen molar-refractivity contribution in [3.63, 3.8) is 0 Å². The van der Waals surface area contributed by atoms with Gasteiger partial charge < -0.3 is 5.32 Å². The van der Waals surface area contributed by atoms with Crippen molar-refractivity contribution in [3.05, 3.63) is 33.8 Å². The molecule has 0 unspecified atom stereocenters. The van der Waals surface area contributed by atoms with Crippen LogP contribution in [0.4, 0.5) is 0 Å². The van der Waals surface area contributed by atoms with Crippen LogP contribution in [0.3, 0.4) is 0 Å². The third-order valence-corrected chi connectivity index (χ3v) is 3.71. The van der Waals surface area contributed by atoms with Gasteiger partial charge in [-0.15, -0.1) is 0 Å². The number of carbonyl (C=O) groups is 1. The van der Waals surface area contributed by atoms with Crippen LogP contribution in [0.5, 0.6) is 0 Å². The van der Waals surface area contributed by atoms with E-state index in [1.807, 2.05) is 25.1 Å². The molecule has 1 saturated carbocycles. The van der Waals surface area contributed by atoms with Crippen LogP contribution in [0.2, 0.25) is 0 Å². The summed E-state index contributed by atoms with van der Waals surface area (Å²) in [7, 11) is 0. The van der Waals surface area contributed by atoms with Crippen LogP contribution in [-0.4, -0.2) is 11.9 Å². The molecule has 2 rings (SSSR count). The van der Waals surface area contributed by atoms with Crippen LogP contribution in [0, 0.1) is 12.8 Å². The first-order chi connectivity index (χ1) is 7.08. The van der Waals surface area contributed by atoms with Crippen molar-refractivity contribution in [2.45, 2.75) is 26.3 Å². The zero-order chi connectivity index (χ0) is 11.0. The SMILES string of the molecule is Cc1ccc(C(=O)N[C@H]2C[C@H]2C)cc1Br. The molecule has 1 fully saturated rings. The minimum atomic E-state index is 0.0325. The van der Waals surface area contributed by atoms with E-state index >= 15 is 0 Å². The third-order valence-electron chi connectivity index (χ3n) is 2.86. The van der Waals surface area contributed by atoms with Crippen molar-refractivity contribution in [2.75, 3.05) is 0 Å². The molecule has 0 saturated heterocycles. The number of hydrogen-bond acceptors (Lipinski definition) is 1. The number of nitrogens with one attached hydrogen (secondary N) is 1. The first kappa shape index (κ1) is 10.7. The largest absolute Gasteiger partial charge is 0.349 e. The van der Waals surface area contributed by atoms with E-state index in [0.717, 1.165) is 22.0 Å². The van der Waals surface area contributed by atoms with Gasteiger partial charge in [-0.25, -0.2) is 0 Å². The van der Waals surface area contributed by atoms with Gasteiger partial charge in [0.25, 0.3) is 5.91 Å². The number of benzene rings is 1. The Morgan fingerprint density at radius 1 is 1.53 bits per heavy atom.